The number of nitrogens with zero attached hydrogens (tertiary/aromatic N) is 3. The molecule has 3 nitrogen and oxygen atoms in total. The normalized spacial score (nSPS) is 11.7. The number of hydrogen-bond donors (Lipinski definition) is 0. The van der Waals surface area contributed by atoms with Gasteiger partial charge in [-0.25, -0.2) is 9.97 Å². The van der Waals surface area contributed by atoms with Gasteiger partial charge >= 0.3 is 0 Å². The van der Waals surface area contributed by atoms with E-state index in [0.717, 1.165) is 33.3 Å². The van der Waals surface area contributed by atoms with E-state index in [1.54, 1.807) is 12.5 Å². The molecule has 4 rings (SSSR count). The molecule has 0 amide bonds. The summed E-state index contributed by atoms with van der Waals surface area (Å²) in [6.07, 6.45) is 5.31. The highest BCUT2D eigenvalue weighted by atomic mass is 28.3. The summed E-state index contributed by atoms with van der Waals surface area (Å²) < 4.78 is 0. The number of fused-ring (bicyclic) bond motifs is 1. The summed E-state index contributed by atoms with van der Waals surface area (Å²) in [6, 6.07) is 19.2. The Morgan fingerprint density at radius 2 is 1.54 bits per heavy atom. The van der Waals surface area contributed by atoms with Gasteiger partial charge in [-0.3, -0.25) is 4.98 Å². The van der Waals surface area contributed by atoms with Crippen LogP contribution in [0.1, 0.15) is 0 Å². The highest BCUT2D eigenvalue weighted by Gasteiger charge is 2.16. The second kappa shape index (κ2) is 6.46. The minimum Gasteiger partial charge on any atom is -0.264 e. The summed E-state index contributed by atoms with van der Waals surface area (Å²) in [5.74, 6) is 0. The molecule has 0 unspecified atom stereocenters. The lowest BCUT2D eigenvalue weighted by Gasteiger charge is -2.17. The Bertz CT molecular complexity index is 1050. The summed E-state index contributed by atoms with van der Waals surface area (Å²) in [4.78, 5) is 13.2. The smallest absolute Gasteiger partial charge is 0.116 e. The Morgan fingerprint density at radius 1 is 0.769 bits per heavy atom. The van der Waals surface area contributed by atoms with Crippen LogP contribution in [0.5, 0.6) is 0 Å². The highest BCUT2D eigenvalue weighted by molar-refractivity contribution is 6.88. The van der Waals surface area contributed by atoms with Crippen LogP contribution < -0.4 is 5.19 Å². The quantitative estimate of drug-likeness (QED) is 0.490. The molecule has 4 aromatic rings. The molecular formula is C22H21N3Si. The lowest BCUT2D eigenvalue weighted by atomic mass is 10.0. The van der Waals surface area contributed by atoms with Crippen LogP contribution in [0, 0.1) is 0 Å². The SMILES string of the molecule is C[Si](C)(C)c1ccc(-c2ncnc3cc(-c4cccnc4)ccc23)cc1. The Kier molecular flexibility index (Phi) is 4.13. The fraction of sp³-hybridized carbons (Fsp3) is 0.136. The summed E-state index contributed by atoms with van der Waals surface area (Å²) in [5.41, 5.74) is 5.27. The first kappa shape index (κ1) is 16.6. The number of aromatic nitrogens is 3. The molecule has 0 saturated carbocycles. The topological polar surface area (TPSA) is 38.7 Å². The second-order valence-corrected chi connectivity index (χ2v) is 12.6. The predicted molar refractivity (Wildman–Crippen MR) is 111 cm³/mol. The van der Waals surface area contributed by atoms with Gasteiger partial charge in [0.25, 0.3) is 0 Å². The molecule has 0 N–H and O–H groups in total. The molecule has 2 heterocycles. The van der Waals surface area contributed by atoms with E-state index in [1.807, 2.05) is 12.3 Å². The molecule has 26 heavy (non-hydrogen) atoms. The molecule has 2 aromatic heterocycles. The van der Waals surface area contributed by atoms with Crippen LogP contribution in [0.4, 0.5) is 0 Å². The van der Waals surface area contributed by atoms with Gasteiger partial charge in [0.05, 0.1) is 19.3 Å². The van der Waals surface area contributed by atoms with Crippen LogP contribution in [0.3, 0.4) is 0 Å². The van der Waals surface area contributed by atoms with Gasteiger partial charge in [-0.2, -0.15) is 0 Å². The van der Waals surface area contributed by atoms with Crippen LogP contribution in [-0.4, -0.2) is 23.0 Å². The first-order chi connectivity index (χ1) is 12.5. The fourth-order valence-corrected chi connectivity index (χ4v) is 4.29. The van der Waals surface area contributed by atoms with Crippen LogP contribution in [0.2, 0.25) is 19.6 Å². The molecule has 0 aliphatic heterocycles. The van der Waals surface area contributed by atoms with Gasteiger partial charge in [0.2, 0.25) is 0 Å². The predicted octanol–water partition coefficient (Wildman–Crippen LogP) is 4.90. The van der Waals surface area contributed by atoms with Crippen molar-refractivity contribution in [3.63, 3.8) is 0 Å². The van der Waals surface area contributed by atoms with Crippen LogP contribution >= 0.6 is 0 Å². The second-order valence-electron chi connectivity index (χ2n) is 7.52. The van der Waals surface area contributed by atoms with E-state index < -0.39 is 8.07 Å². The van der Waals surface area contributed by atoms with Crippen molar-refractivity contribution in [1.82, 2.24) is 15.0 Å². The molecular weight excluding hydrogens is 334 g/mol. The molecule has 2 aromatic carbocycles. The number of rotatable bonds is 3. The van der Waals surface area contributed by atoms with Crippen molar-refractivity contribution in [2.75, 3.05) is 0 Å². The molecule has 0 fully saturated rings. The van der Waals surface area contributed by atoms with E-state index in [-0.39, 0.29) is 0 Å². The Hall–Kier alpha value is -2.85. The fourth-order valence-electron chi connectivity index (χ4n) is 3.13. The van der Waals surface area contributed by atoms with E-state index in [2.05, 4.69) is 83.1 Å². The van der Waals surface area contributed by atoms with Crippen molar-refractivity contribution in [2.45, 2.75) is 19.6 Å². The highest BCUT2D eigenvalue weighted by Crippen LogP contribution is 2.28. The summed E-state index contributed by atoms with van der Waals surface area (Å²) >= 11 is 0. The summed E-state index contributed by atoms with van der Waals surface area (Å²) in [6.45, 7) is 7.09. The summed E-state index contributed by atoms with van der Waals surface area (Å²) in [5, 5.41) is 2.53. The van der Waals surface area contributed by atoms with Gasteiger partial charge in [0.1, 0.15) is 6.33 Å². The molecule has 0 bridgehead atoms. The third-order valence-electron chi connectivity index (χ3n) is 4.66. The third-order valence-corrected chi connectivity index (χ3v) is 6.72. The van der Waals surface area contributed by atoms with E-state index >= 15 is 0 Å². The molecule has 0 atom stereocenters. The van der Waals surface area contributed by atoms with Gasteiger partial charge in [-0.15, -0.1) is 0 Å². The van der Waals surface area contributed by atoms with Crippen molar-refractivity contribution in [1.29, 1.82) is 0 Å². The molecule has 0 saturated heterocycles. The first-order valence-electron chi connectivity index (χ1n) is 8.78. The molecule has 128 valence electrons. The standard InChI is InChI=1S/C22H21N3Si/c1-26(2,3)19-9-6-16(7-10-19)22-20-11-8-17(13-21(20)24-15-25-22)18-5-4-12-23-14-18/h4-15H,1-3H3. The monoisotopic (exact) mass is 355 g/mol. The Labute approximate surface area is 154 Å². The Morgan fingerprint density at radius 3 is 2.23 bits per heavy atom. The van der Waals surface area contributed by atoms with Crippen LogP contribution in [0.25, 0.3) is 33.3 Å². The lowest BCUT2D eigenvalue weighted by Crippen LogP contribution is -2.37. The molecule has 0 radical (unpaired) electrons. The van der Waals surface area contributed by atoms with Crippen molar-refractivity contribution >= 4 is 24.2 Å². The average molecular weight is 356 g/mol. The van der Waals surface area contributed by atoms with Crippen molar-refractivity contribution in [3.8, 4) is 22.4 Å². The summed E-state index contributed by atoms with van der Waals surface area (Å²) in [7, 11) is -1.29. The lowest BCUT2D eigenvalue weighted by molar-refractivity contribution is 1.22. The van der Waals surface area contributed by atoms with Gasteiger partial charge < -0.3 is 0 Å². The third kappa shape index (κ3) is 3.16. The first-order valence-corrected chi connectivity index (χ1v) is 12.3. The molecule has 4 heteroatoms. The zero-order chi connectivity index (χ0) is 18.1. The van der Waals surface area contributed by atoms with E-state index in [0.29, 0.717) is 0 Å². The maximum Gasteiger partial charge on any atom is 0.116 e. The minimum atomic E-state index is -1.29. The Balaban J connectivity index is 1.79. The van der Waals surface area contributed by atoms with E-state index in [1.165, 1.54) is 5.19 Å². The minimum absolute atomic E-state index is 0.950. The zero-order valence-corrected chi connectivity index (χ0v) is 16.3. The molecule has 0 aliphatic carbocycles. The number of pyridine rings is 1. The van der Waals surface area contributed by atoms with Gasteiger partial charge in [-0.1, -0.05) is 61.2 Å². The van der Waals surface area contributed by atoms with Crippen molar-refractivity contribution < 1.29 is 0 Å². The van der Waals surface area contributed by atoms with Crippen molar-refractivity contribution in [2.24, 2.45) is 0 Å². The van der Waals surface area contributed by atoms with Crippen LogP contribution in [-0.2, 0) is 0 Å². The molecule has 0 spiro atoms. The van der Waals surface area contributed by atoms with E-state index in [9.17, 15) is 0 Å². The number of benzene rings is 2. The van der Waals surface area contributed by atoms with Crippen LogP contribution in [0.15, 0.2) is 73.3 Å². The zero-order valence-electron chi connectivity index (χ0n) is 15.3. The van der Waals surface area contributed by atoms with Gasteiger partial charge in [0, 0.05) is 28.9 Å². The average Bonchev–Trinajstić information content (AvgIpc) is 2.67. The van der Waals surface area contributed by atoms with Crippen molar-refractivity contribution in [3.05, 3.63) is 73.3 Å². The maximum absolute atomic E-state index is 4.56. The van der Waals surface area contributed by atoms with E-state index in [4.69, 9.17) is 0 Å². The molecule has 0 aliphatic rings. The van der Waals surface area contributed by atoms with Gasteiger partial charge in [-0.05, 0) is 23.8 Å². The van der Waals surface area contributed by atoms with Gasteiger partial charge in [0.15, 0.2) is 0 Å². The number of hydrogen-bond acceptors (Lipinski definition) is 3. The largest absolute Gasteiger partial charge is 0.264 e. The maximum atomic E-state index is 4.56.